The molecule has 3 amide bonds. The third-order valence-electron chi connectivity index (χ3n) is 4.84. The molecule has 2 aromatic rings. The second-order valence-corrected chi connectivity index (χ2v) is 8.48. The highest BCUT2D eigenvalue weighted by atomic mass is 35.5. The van der Waals surface area contributed by atoms with E-state index < -0.39 is 60.6 Å². The maximum atomic E-state index is 12.5. The molecule has 0 aliphatic heterocycles. The molecule has 0 bridgehead atoms. The summed E-state index contributed by atoms with van der Waals surface area (Å²) in [7, 11) is 0. The van der Waals surface area contributed by atoms with Crippen molar-refractivity contribution in [3.05, 3.63) is 69.7 Å². The first-order valence-electron chi connectivity index (χ1n) is 10.8. The van der Waals surface area contributed by atoms with Crippen LogP contribution in [0.3, 0.4) is 0 Å². The smallest absolute Gasteiger partial charge is 0.341 e. The third kappa shape index (κ3) is 9.21. The van der Waals surface area contributed by atoms with Crippen LogP contribution in [0.4, 0.5) is 0 Å². The number of aliphatic carboxylic acids is 1. The van der Waals surface area contributed by atoms with Crippen molar-refractivity contribution in [1.29, 1.82) is 0 Å². The lowest BCUT2D eigenvalue weighted by molar-refractivity contribution is -0.142. The number of carboxylic acids is 1. The molecular formula is C24H23Cl2N3O8. The van der Waals surface area contributed by atoms with Crippen molar-refractivity contribution in [2.75, 3.05) is 6.61 Å². The van der Waals surface area contributed by atoms with Gasteiger partial charge in [0.15, 0.2) is 12.4 Å². The fraction of sp³-hybridized carbons (Fsp3) is 0.250. The van der Waals surface area contributed by atoms with Crippen molar-refractivity contribution in [2.24, 2.45) is 0 Å². The van der Waals surface area contributed by atoms with Crippen molar-refractivity contribution in [2.45, 2.75) is 32.0 Å². The molecule has 2 aromatic carbocycles. The van der Waals surface area contributed by atoms with Crippen LogP contribution in [0, 0.1) is 0 Å². The Kier molecular flexibility index (Phi) is 11.0. The first kappa shape index (κ1) is 29.3. The van der Waals surface area contributed by atoms with Crippen LogP contribution in [0.15, 0.2) is 48.5 Å². The third-order valence-corrected chi connectivity index (χ3v) is 5.47. The summed E-state index contributed by atoms with van der Waals surface area (Å²) < 4.78 is 4.89. The molecule has 0 heterocycles. The monoisotopic (exact) mass is 551 g/mol. The molecule has 0 aromatic heterocycles. The highest BCUT2D eigenvalue weighted by Gasteiger charge is 2.28. The quantitative estimate of drug-likeness (QED) is 0.240. The fourth-order valence-corrected chi connectivity index (χ4v) is 3.46. The lowest BCUT2D eigenvalue weighted by Crippen LogP contribution is -2.53. The number of Topliss-reactive ketones (excluding diaryl/α,β-unsaturated/α-hetero) is 1. The molecule has 0 fully saturated rings. The van der Waals surface area contributed by atoms with Crippen molar-refractivity contribution in [3.63, 3.8) is 0 Å². The van der Waals surface area contributed by atoms with Gasteiger partial charge in [-0.25, -0.2) is 4.79 Å². The number of carbonyl (C=O) groups is 6. The van der Waals surface area contributed by atoms with E-state index in [4.69, 9.17) is 33.0 Å². The van der Waals surface area contributed by atoms with Crippen LogP contribution < -0.4 is 16.0 Å². The van der Waals surface area contributed by atoms with Gasteiger partial charge >= 0.3 is 23.8 Å². The molecule has 0 saturated carbocycles. The number of amides is 3. The van der Waals surface area contributed by atoms with Crippen LogP contribution in [-0.2, 0) is 35.3 Å². The van der Waals surface area contributed by atoms with Crippen LogP contribution in [0.5, 0.6) is 0 Å². The van der Waals surface area contributed by atoms with Gasteiger partial charge in [0.2, 0.25) is 5.91 Å². The van der Waals surface area contributed by atoms with Crippen molar-refractivity contribution < 1.29 is 38.6 Å². The molecule has 0 spiro atoms. The zero-order valence-corrected chi connectivity index (χ0v) is 21.0. The first-order valence-corrected chi connectivity index (χ1v) is 11.5. The molecule has 196 valence electrons. The molecule has 0 saturated heterocycles. The number of rotatable bonds is 11. The fourth-order valence-electron chi connectivity index (χ4n) is 2.91. The molecule has 11 nitrogen and oxygen atoms in total. The van der Waals surface area contributed by atoms with Gasteiger partial charge in [-0.05, 0) is 24.6 Å². The van der Waals surface area contributed by atoms with Crippen LogP contribution >= 0.6 is 23.2 Å². The Morgan fingerprint density at radius 3 is 2.11 bits per heavy atom. The van der Waals surface area contributed by atoms with Crippen LogP contribution in [0.2, 0.25) is 10.0 Å². The summed E-state index contributed by atoms with van der Waals surface area (Å²) in [4.78, 5) is 72.6. The predicted molar refractivity (Wildman–Crippen MR) is 132 cm³/mol. The Balaban J connectivity index is 1.93. The Morgan fingerprint density at radius 2 is 1.51 bits per heavy atom. The van der Waals surface area contributed by atoms with Gasteiger partial charge in [0.1, 0.15) is 12.1 Å². The summed E-state index contributed by atoms with van der Waals surface area (Å²) in [6, 6.07) is 10.2. The van der Waals surface area contributed by atoms with E-state index in [-0.39, 0.29) is 22.2 Å². The molecule has 37 heavy (non-hydrogen) atoms. The minimum Gasteiger partial charge on any atom is -0.481 e. The average molecular weight is 552 g/mol. The normalized spacial score (nSPS) is 12.0. The number of hydrogen-bond donors (Lipinski definition) is 4. The Hall–Kier alpha value is -3.96. The topological polar surface area (TPSA) is 168 Å². The summed E-state index contributed by atoms with van der Waals surface area (Å²) in [6.07, 6.45) is -0.826. The molecule has 0 unspecified atom stereocenters. The highest BCUT2D eigenvalue weighted by molar-refractivity contribution is 6.39. The van der Waals surface area contributed by atoms with Gasteiger partial charge in [-0.3, -0.25) is 24.0 Å². The van der Waals surface area contributed by atoms with E-state index in [1.165, 1.54) is 25.1 Å². The molecular weight excluding hydrogens is 529 g/mol. The van der Waals surface area contributed by atoms with E-state index in [2.05, 4.69) is 16.0 Å². The second-order valence-electron chi connectivity index (χ2n) is 7.66. The number of benzene rings is 2. The predicted octanol–water partition coefficient (Wildman–Crippen LogP) is 1.50. The standard InChI is InChI=1S/C24H23Cl2N3O8/c1-13(28-23(35)22(34)27-11-14-6-3-2-4-7-14)21(33)29-17(10-19(31)32)18(30)12-37-24(36)20-15(25)8-5-9-16(20)26/h2-9,13,17H,10-12H2,1H3,(H,27,34)(H,28,35)(H,29,33)(H,31,32)/t13-,17-/m0/s1. The number of carboxylic acid groups (broad SMARTS) is 1. The van der Waals surface area contributed by atoms with Gasteiger partial charge in [0.25, 0.3) is 0 Å². The summed E-state index contributed by atoms with van der Waals surface area (Å²) >= 11 is 11.8. The van der Waals surface area contributed by atoms with Crippen molar-refractivity contribution in [1.82, 2.24) is 16.0 Å². The zero-order chi connectivity index (χ0) is 27.5. The van der Waals surface area contributed by atoms with Gasteiger partial charge in [0, 0.05) is 6.54 Å². The van der Waals surface area contributed by atoms with Crippen molar-refractivity contribution in [3.8, 4) is 0 Å². The molecule has 0 aliphatic carbocycles. The lowest BCUT2D eigenvalue weighted by atomic mass is 10.1. The number of halogens is 2. The maximum Gasteiger partial charge on any atom is 0.341 e. The van der Waals surface area contributed by atoms with Gasteiger partial charge < -0.3 is 25.8 Å². The van der Waals surface area contributed by atoms with E-state index in [0.29, 0.717) is 0 Å². The second kappa shape index (κ2) is 14.0. The van der Waals surface area contributed by atoms with E-state index in [1.54, 1.807) is 30.3 Å². The van der Waals surface area contributed by atoms with Gasteiger partial charge in [0.05, 0.1) is 22.0 Å². The number of carbonyl (C=O) groups excluding carboxylic acids is 5. The van der Waals surface area contributed by atoms with Crippen LogP contribution in [0.1, 0.15) is 29.3 Å². The van der Waals surface area contributed by atoms with Crippen molar-refractivity contribution >= 4 is 58.6 Å². The molecule has 0 aliphatic rings. The van der Waals surface area contributed by atoms with Gasteiger partial charge in [-0.1, -0.05) is 59.6 Å². The SMILES string of the molecule is C[C@H](NC(=O)C(=O)NCc1ccccc1)C(=O)N[C@@H](CC(=O)O)C(=O)COC(=O)c1c(Cl)cccc1Cl. The zero-order valence-electron chi connectivity index (χ0n) is 19.5. The number of nitrogens with one attached hydrogen (secondary N) is 3. The summed E-state index contributed by atoms with van der Waals surface area (Å²) in [5.74, 6) is -6.42. The number of ether oxygens (including phenoxy) is 1. The lowest BCUT2D eigenvalue weighted by Gasteiger charge is -2.19. The number of ketones is 1. The number of hydrogen-bond acceptors (Lipinski definition) is 7. The molecule has 2 rings (SSSR count). The molecule has 4 N–H and O–H groups in total. The van der Waals surface area contributed by atoms with E-state index in [0.717, 1.165) is 5.56 Å². The Labute approximate surface area is 221 Å². The maximum absolute atomic E-state index is 12.5. The largest absolute Gasteiger partial charge is 0.481 e. The van der Waals surface area contributed by atoms with Gasteiger partial charge in [-0.15, -0.1) is 0 Å². The van der Waals surface area contributed by atoms with E-state index in [1.807, 2.05) is 0 Å². The van der Waals surface area contributed by atoms with Crippen LogP contribution in [-0.4, -0.2) is 59.2 Å². The summed E-state index contributed by atoms with van der Waals surface area (Å²) in [5, 5.41) is 15.8. The molecule has 0 radical (unpaired) electrons. The Bertz CT molecular complexity index is 1170. The van der Waals surface area contributed by atoms with Gasteiger partial charge in [-0.2, -0.15) is 0 Å². The van der Waals surface area contributed by atoms with Crippen LogP contribution in [0.25, 0.3) is 0 Å². The minimum atomic E-state index is -1.59. The van der Waals surface area contributed by atoms with E-state index in [9.17, 15) is 28.8 Å². The summed E-state index contributed by atoms with van der Waals surface area (Å²) in [6.45, 7) is 0.432. The highest BCUT2D eigenvalue weighted by Crippen LogP contribution is 2.24. The number of esters is 1. The van der Waals surface area contributed by atoms with E-state index >= 15 is 0 Å². The average Bonchev–Trinajstić information content (AvgIpc) is 2.85. The molecule has 2 atom stereocenters. The first-order chi connectivity index (χ1) is 17.5. The Morgan fingerprint density at radius 1 is 0.892 bits per heavy atom. The molecule has 13 heteroatoms. The summed E-state index contributed by atoms with van der Waals surface area (Å²) in [5.41, 5.74) is 0.571. The minimum absolute atomic E-state index is 0.0160.